The van der Waals surface area contributed by atoms with Gasteiger partial charge in [0.1, 0.15) is 24.8 Å². The molecule has 166 valence electrons. The lowest BCUT2D eigenvalue weighted by Crippen LogP contribution is -2.49. The summed E-state index contributed by atoms with van der Waals surface area (Å²) in [5.74, 6) is 1.72. The lowest BCUT2D eigenvalue weighted by atomic mass is 9.88. The van der Waals surface area contributed by atoms with Gasteiger partial charge in [-0.1, -0.05) is 60.7 Å². The number of anilines is 1. The molecule has 0 bridgehead atoms. The van der Waals surface area contributed by atoms with E-state index in [0.29, 0.717) is 25.3 Å². The van der Waals surface area contributed by atoms with Gasteiger partial charge in [-0.2, -0.15) is 5.10 Å². The Labute approximate surface area is 192 Å². The molecule has 1 amide bonds. The fourth-order valence-corrected chi connectivity index (χ4v) is 4.25. The molecule has 0 radical (unpaired) electrons. The molecule has 1 fully saturated rings. The molecular weight excluding hydrogens is 414 g/mol. The topological polar surface area (TPSA) is 80.0 Å². The van der Waals surface area contributed by atoms with Gasteiger partial charge in [-0.15, -0.1) is 0 Å². The van der Waals surface area contributed by atoms with Crippen molar-refractivity contribution in [1.29, 1.82) is 0 Å². The smallest absolute Gasteiger partial charge is 0.223 e. The summed E-state index contributed by atoms with van der Waals surface area (Å²) in [6.07, 6.45) is 5.08. The molecule has 0 N–H and O–H groups in total. The number of carbonyl (C=O) groups excluding carboxylic acids is 1. The third kappa shape index (κ3) is 4.74. The van der Waals surface area contributed by atoms with Crippen molar-refractivity contribution in [2.24, 2.45) is 0 Å². The Kier molecular flexibility index (Phi) is 6.06. The highest BCUT2D eigenvalue weighted by molar-refractivity contribution is 5.78. The highest BCUT2D eigenvalue weighted by atomic mass is 16.2. The van der Waals surface area contributed by atoms with Crippen molar-refractivity contribution >= 4 is 11.7 Å². The normalized spacial score (nSPS) is 14.0. The van der Waals surface area contributed by atoms with Gasteiger partial charge < -0.3 is 9.80 Å². The third-order valence-electron chi connectivity index (χ3n) is 6.03. The highest BCUT2D eigenvalue weighted by Gasteiger charge is 2.26. The molecule has 0 spiro atoms. The summed E-state index contributed by atoms with van der Waals surface area (Å²) in [7, 11) is 0. The van der Waals surface area contributed by atoms with E-state index in [1.165, 1.54) is 12.7 Å². The summed E-state index contributed by atoms with van der Waals surface area (Å²) in [5, 5.41) is 4.13. The van der Waals surface area contributed by atoms with Gasteiger partial charge in [0.15, 0.2) is 5.82 Å². The Morgan fingerprint density at radius 2 is 1.45 bits per heavy atom. The van der Waals surface area contributed by atoms with Gasteiger partial charge in [0.05, 0.1) is 0 Å². The van der Waals surface area contributed by atoms with Crippen molar-refractivity contribution in [2.75, 3.05) is 31.1 Å². The Hall–Kier alpha value is -4.07. The molecule has 8 heteroatoms. The number of nitrogens with zero attached hydrogens (tertiary/aromatic N) is 7. The van der Waals surface area contributed by atoms with E-state index in [1.54, 1.807) is 11.0 Å². The fourth-order valence-electron chi connectivity index (χ4n) is 4.25. The molecule has 1 aliphatic heterocycles. The van der Waals surface area contributed by atoms with E-state index in [4.69, 9.17) is 0 Å². The second kappa shape index (κ2) is 9.60. The molecular formula is C25H25N7O. The molecule has 4 aromatic rings. The second-order valence-corrected chi connectivity index (χ2v) is 8.02. The van der Waals surface area contributed by atoms with Gasteiger partial charge >= 0.3 is 0 Å². The van der Waals surface area contributed by atoms with Crippen LogP contribution in [-0.4, -0.2) is 61.7 Å². The molecule has 2 aromatic carbocycles. The predicted octanol–water partition coefficient (Wildman–Crippen LogP) is 2.93. The molecule has 0 unspecified atom stereocenters. The van der Waals surface area contributed by atoms with E-state index in [1.807, 2.05) is 47.4 Å². The molecule has 5 rings (SSSR count). The minimum absolute atomic E-state index is 0.0463. The summed E-state index contributed by atoms with van der Waals surface area (Å²) in [5.41, 5.74) is 2.33. The molecule has 1 saturated heterocycles. The molecule has 2 aromatic heterocycles. The van der Waals surface area contributed by atoms with Gasteiger partial charge in [-0.25, -0.2) is 19.6 Å². The van der Waals surface area contributed by atoms with E-state index in [0.717, 1.165) is 30.0 Å². The maximum Gasteiger partial charge on any atom is 0.223 e. The molecule has 8 nitrogen and oxygen atoms in total. The van der Waals surface area contributed by atoms with Gasteiger partial charge in [-0.3, -0.25) is 4.79 Å². The van der Waals surface area contributed by atoms with Crippen LogP contribution >= 0.6 is 0 Å². The first-order valence-electron chi connectivity index (χ1n) is 11.1. The highest BCUT2D eigenvalue weighted by Crippen LogP contribution is 2.29. The Morgan fingerprint density at radius 3 is 2.06 bits per heavy atom. The number of piperazine rings is 1. The number of rotatable bonds is 6. The van der Waals surface area contributed by atoms with Crippen LogP contribution in [0.4, 0.5) is 5.82 Å². The van der Waals surface area contributed by atoms with Gasteiger partial charge in [-0.05, 0) is 11.1 Å². The minimum atomic E-state index is 0.0463. The number of aromatic nitrogens is 5. The van der Waals surface area contributed by atoms with Crippen molar-refractivity contribution < 1.29 is 4.79 Å². The fraction of sp³-hybridized carbons (Fsp3) is 0.240. The minimum Gasteiger partial charge on any atom is -0.353 e. The molecule has 3 heterocycles. The molecule has 33 heavy (non-hydrogen) atoms. The Balaban J connectivity index is 1.25. The zero-order valence-corrected chi connectivity index (χ0v) is 18.2. The first-order valence-corrected chi connectivity index (χ1v) is 11.1. The zero-order valence-electron chi connectivity index (χ0n) is 18.2. The van der Waals surface area contributed by atoms with Crippen LogP contribution in [0.15, 0.2) is 85.7 Å². The van der Waals surface area contributed by atoms with Crippen LogP contribution in [0.25, 0.3) is 5.82 Å². The van der Waals surface area contributed by atoms with E-state index >= 15 is 0 Å². The number of hydrogen-bond acceptors (Lipinski definition) is 6. The summed E-state index contributed by atoms with van der Waals surface area (Å²) in [4.78, 5) is 30.1. The zero-order chi connectivity index (χ0) is 22.5. The SMILES string of the molecule is O=C(CC(c1ccccc1)c1ccccc1)N1CCN(c2cc(-n3cncn3)ncn2)CC1. The number of hydrogen-bond donors (Lipinski definition) is 0. The van der Waals surface area contributed by atoms with E-state index in [9.17, 15) is 4.79 Å². The number of benzene rings is 2. The van der Waals surface area contributed by atoms with Crippen molar-refractivity contribution in [3.63, 3.8) is 0 Å². The quantitative estimate of drug-likeness (QED) is 0.460. The summed E-state index contributed by atoms with van der Waals surface area (Å²) in [6.45, 7) is 2.78. The van der Waals surface area contributed by atoms with Crippen LogP contribution in [0, 0.1) is 0 Å². The van der Waals surface area contributed by atoms with Gasteiger partial charge in [0.2, 0.25) is 5.91 Å². The number of carbonyl (C=O) groups is 1. The lowest BCUT2D eigenvalue weighted by molar-refractivity contribution is -0.131. The van der Waals surface area contributed by atoms with Crippen molar-refractivity contribution in [1.82, 2.24) is 29.6 Å². The van der Waals surface area contributed by atoms with Gasteiger partial charge in [0, 0.05) is 44.6 Å². The Morgan fingerprint density at radius 1 is 0.818 bits per heavy atom. The third-order valence-corrected chi connectivity index (χ3v) is 6.03. The van der Waals surface area contributed by atoms with Crippen molar-refractivity contribution in [3.8, 4) is 5.82 Å². The first-order chi connectivity index (χ1) is 16.3. The van der Waals surface area contributed by atoms with Crippen LogP contribution in [-0.2, 0) is 4.79 Å². The molecule has 0 saturated carbocycles. The van der Waals surface area contributed by atoms with E-state index in [2.05, 4.69) is 49.2 Å². The summed E-state index contributed by atoms with van der Waals surface area (Å²) < 4.78 is 1.61. The van der Waals surface area contributed by atoms with Crippen molar-refractivity contribution in [3.05, 3.63) is 96.8 Å². The van der Waals surface area contributed by atoms with Gasteiger partial charge in [0.25, 0.3) is 0 Å². The number of amides is 1. The van der Waals surface area contributed by atoms with Crippen molar-refractivity contribution in [2.45, 2.75) is 12.3 Å². The van der Waals surface area contributed by atoms with Crippen LogP contribution in [0.3, 0.4) is 0 Å². The monoisotopic (exact) mass is 439 g/mol. The van der Waals surface area contributed by atoms with Crippen LogP contribution in [0.1, 0.15) is 23.5 Å². The largest absolute Gasteiger partial charge is 0.353 e. The Bertz CT molecular complexity index is 1130. The molecule has 1 aliphatic rings. The van der Waals surface area contributed by atoms with E-state index < -0.39 is 0 Å². The first kappa shape index (κ1) is 20.8. The van der Waals surface area contributed by atoms with E-state index in [-0.39, 0.29) is 11.8 Å². The molecule has 0 atom stereocenters. The molecule has 0 aliphatic carbocycles. The summed E-state index contributed by atoms with van der Waals surface area (Å²) in [6, 6.07) is 22.4. The average molecular weight is 440 g/mol. The maximum atomic E-state index is 13.3. The van der Waals surface area contributed by atoms with Crippen LogP contribution < -0.4 is 4.90 Å². The maximum absolute atomic E-state index is 13.3. The predicted molar refractivity (Wildman–Crippen MR) is 125 cm³/mol. The standard InChI is InChI=1S/C25H25N7O/c33-25(15-22(20-7-3-1-4-8-20)21-9-5-2-6-10-21)31-13-11-30(12-14-31)23-16-24(28-18-27-23)32-19-26-17-29-32/h1-10,16-19,22H,11-15H2. The van der Waals surface area contributed by atoms with Crippen LogP contribution in [0.2, 0.25) is 0 Å². The summed E-state index contributed by atoms with van der Waals surface area (Å²) >= 11 is 0. The van der Waals surface area contributed by atoms with Crippen LogP contribution in [0.5, 0.6) is 0 Å². The lowest BCUT2D eigenvalue weighted by Gasteiger charge is -2.36. The average Bonchev–Trinajstić information content (AvgIpc) is 3.44. The second-order valence-electron chi connectivity index (χ2n) is 8.02.